The first-order chi connectivity index (χ1) is 17.8. The van der Waals surface area contributed by atoms with Crippen LogP contribution in [0.5, 0.6) is 0 Å². The van der Waals surface area contributed by atoms with E-state index in [1.54, 1.807) is 48.7 Å². The van der Waals surface area contributed by atoms with Crippen LogP contribution < -0.4 is 21.9 Å². The zero-order valence-corrected chi connectivity index (χ0v) is 21.9. The largest absolute Gasteiger partial charge is 0.467 e. The molecule has 4 aromatic rings. The van der Waals surface area contributed by atoms with Crippen molar-refractivity contribution < 1.29 is 14.0 Å². The van der Waals surface area contributed by atoms with Gasteiger partial charge in [-0.05, 0) is 67.8 Å². The van der Waals surface area contributed by atoms with Crippen molar-refractivity contribution in [3.63, 3.8) is 0 Å². The van der Waals surface area contributed by atoms with Crippen LogP contribution in [0, 0.1) is 6.92 Å². The Morgan fingerprint density at radius 3 is 2.54 bits per heavy atom. The first kappa shape index (κ1) is 26.2. The number of nitrogens with zero attached hydrogens (tertiary/aromatic N) is 2. The SMILES string of the molecule is Cc1cc(NC(=O)Cn2c(=O)n(CCCCC(=O)NCc3ccco3)c(=O)c3ccccc32)ccc1Br. The van der Waals surface area contributed by atoms with E-state index >= 15 is 0 Å². The second kappa shape index (κ2) is 11.9. The second-order valence-electron chi connectivity index (χ2n) is 8.67. The number of benzene rings is 2. The Kier molecular flexibility index (Phi) is 8.39. The van der Waals surface area contributed by atoms with E-state index in [1.165, 1.54) is 4.57 Å². The van der Waals surface area contributed by atoms with Gasteiger partial charge in [0.15, 0.2) is 0 Å². The first-order valence-electron chi connectivity index (χ1n) is 11.9. The number of hydrogen-bond acceptors (Lipinski definition) is 5. The van der Waals surface area contributed by atoms with Gasteiger partial charge in [0.25, 0.3) is 5.56 Å². The van der Waals surface area contributed by atoms with Crippen molar-refractivity contribution in [1.82, 2.24) is 14.5 Å². The third kappa shape index (κ3) is 6.45. The van der Waals surface area contributed by atoms with Gasteiger partial charge in [-0.2, -0.15) is 0 Å². The Hall–Kier alpha value is -3.92. The third-order valence-electron chi connectivity index (χ3n) is 5.95. The number of rotatable bonds is 10. The highest BCUT2D eigenvalue weighted by atomic mass is 79.9. The predicted molar refractivity (Wildman–Crippen MR) is 144 cm³/mol. The molecule has 0 fully saturated rings. The van der Waals surface area contributed by atoms with Gasteiger partial charge in [-0.3, -0.25) is 23.5 Å². The number of furan rings is 1. The molecular weight excluding hydrogens is 540 g/mol. The summed E-state index contributed by atoms with van der Waals surface area (Å²) in [6.07, 6.45) is 2.74. The number of halogens is 1. The molecule has 2 aromatic heterocycles. The molecule has 192 valence electrons. The van der Waals surface area contributed by atoms with Crippen molar-refractivity contribution in [2.45, 2.75) is 45.8 Å². The summed E-state index contributed by atoms with van der Waals surface area (Å²) < 4.78 is 8.57. The maximum absolute atomic E-state index is 13.3. The highest BCUT2D eigenvalue weighted by Gasteiger charge is 2.16. The topological polar surface area (TPSA) is 115 Å². The van der Waals surface area contributed by atoms with Gasteiger partial charge in [0, 0.05) is 23.1 Å². The molecule has 10 heteroatoms. The van der Waals surface area contributed by atoms with Gasteiger partial charge in [-0.1, -0.05) is 28.1 Å². The number of carbonyl (C=O) groups is 2. The number of para-hydroxylation sites is 1. The Balaban J connectivity index is 1.46. The van der Waals surface area contributed by atoms with Gasteiger partial charge in [0.1, 0.15) is 12.3 Å². The fraction of sp³-hybridized carbons (Fsp3) is 0.259. The molecule has 0 aliphatic carbocycles. The van der Waals surface area contributed by atoms with Crippen molar-refractivity contribution in [3.8, 4) is 0 Å². The van der Waals surface area contributed by atoms with E-state index < -0.39 is 11.2 Å². The number of hydrogen-bond donors (Lipinski definition) is 2. The molecule has 0 unspecified atom stereocenters. The van der Waals surface area contributed by atoms with E-state index in [2.05, 4.69) is 26.6 Å². The summed E-state index contributed by atoms with van der Waals surface area (Å²) in [6.45, 7) is 2.12. The molecule has 0 saturated heterocycles. The van der Waals surface area contributed by atoms with Gasteiger partial charge in [-0.25, -0.2) is 4.79 Å². The van der Waals surface area contributed by atoms with E-state index in [4.69, 9.17) is 4.42 Å². The van der Waals surface area contributed by atoms with E-state index in [9.17, 15) is 19.2 Å². The predicted octanol–water partition coefficient (Wildman–Crippen LogP) is 3.95. The number of fused-ring (bicyclic) bond motifs is 1. The van der Waals surface area contributed by atoms with Gasteiger partial charge in [-0.15, -0.1) is 0 Å². The molecule has 0 atom stereocenters. The van der Waals surface area contributed by atoms with Crippen LogP contribution in [0.2, 0.25) is 0 Å². The monoisotopic (exact) mass is 566 g/mol. The normalized spacial score (nSPS) is 11.0. The van der Waals surface area contributed by atoms with Crippen LogP contribution in [0.15, 0.2) is 79.3 Å². The molecule has 0 spiro atoms. The summed E-state index contributed by atoms with van der Waals surface area (Å²) in [5.41, 5.74) is 0.995. The van der Waals surface area contributed by atoms with Crippen molar-refractivity contribution in [2.24, 2.45) is 0 Å². The lowest BCUT2D eigenvalue weighted by molar-refractivity contribution is -0.121. The standard InChI is InChI=1S/C27H27BrN4O5/c1-18-15-19(11-12-22(18)28)30-25(34)17-32-23-9-3-2-8-21(23)26(35)31(27(32)36)13-5-4-10-24(33)29-16-20-7-6-14-37-20/h2-3,6-9,11-12,14-15H,4-5,10,13,16-17H2,1H3,(H,29,33)(H,30,34). The van der Waals surface area contributed by atoms with Crippen LogP contribution >= 0.6 is 15.9 Å². The number of nitrogens with one attached hydrogen (secondary N) is 2. The summed E-state index contributed by atoms with van der Waals surface area (Å²) in [7, 11) is 0. The smallest absolute Gasteiger partial charge is 0.331 e. The summed E-state index contributed by atoms with van der Waals surface area (Å²) in [4.78, 5) is 51.3. The molecule has 0 saturated carbocycles. The Labute approximate surface area is 221 Å². The maximum atomic E-state index is 13.3. The fourth-order valence-electron chi connectivity index (χ4n) is 4.03. The molecule has 2 amide bonds. The van der Waals surface area contributed by atoms with Crippen LogP contribution in [0.1, 0.15) is 30.6 Å². The zero-order chi connectivity index (χ0) is 26.4. The highest BCUT2D eigenvalue weighted by Crippen LogP contribution is 2.20. The lowest BCUT2D eigenvalue weighted by atomic mass is 10.2. The number of aryl methyl sites for hydroxylation is 1. The van der Waals surface area contributed by atoms with Crippen LogP contribution in [0.3, 0.4) is 0 Å². The number of unbranched alkanes of at least 4 members (excludes halogenated alkanes) is 1. The number of aromatic nitrogens is 2. The molecule has 2 aromatic carbocycles. The van der Waals surface area contributed by atoms with E-state index in [0.29, 0.717) is 41.7 Å². The lowest BCUT2D eigenvalue weighted by Crippen LogP contribution is -2.41. The second-order valence-corrected chi connectivity index (χ2v) is 9.52. The summed E-state index contributed by atoms with van der Waals surface area (Å²) in [5.74, 6) is 0.142. The van der Waals surface area contributed by atoms with Crippen molar-refractivity contribution in [2.75, 3.05) is 5.32 Å². The number of carbonyl (C=O) groups excluding carboxylic acids is 2. The lowest BCUT2D eigenvalue weighted by Gasteiger charge is -2.14. The Morgan fingerprint density at radius 1 is 0.973 bits per heavy atom. The fourth-order valence-corrected chi connectivity index (χ4v) is 4.28. The van der Waals surface area contributed by atoms with Crippen LogP contribution in [-0.4, -0.2) is 20.9 Å². The summed E-state index contributed by atoms with van der Waals surface area (Å²) >= 11 is 3.43. The van der Waals surface area contributed by atoms with Crippen molar-refractivity contribution in [3.05, 3.63) is 97.5 Å². The van der Waals surface area contributed by atoms with E-state index in [-0.39, 0.29) is 31.3 Å². The maximum Gasteiger partial charge on any atom is 0.331 e. The minimum absolute atomic E-state index is 0.139. The van der Waals surface area contributed by atoms with Crippen LogP contribution in [-0.2, 0) is 29.2 Å². The van der Waals surface area contributed by atoms with E-state index in [0.717, 1.165) is 14.6 Å². The number of anilines is 1. The molecule has 0 aliphatic rings. The molecule has 4 rings (SSSR count). The van der Waals surface area contributed by atoms with Gasteiger partial charge in [0.2, 0.25) is 11.8 Å². The quantitative estimate of drug-likeness (QED) is 0.282. The summed E-state index contributed by atoms with van der Waals surface area (Å²) in [6, 6.07) is 15.7. The van der Waals surface area contributed by atoms with Crippen molar-refractivity contribution in [1.29, 1.82) is 0 Å². The molecule has 2 N–H and O–H groups in total. The van der Waals surface area contributed by atoms with Gasteiger partial charge >= 0.3 is 5.69 Å². The summed E-state index contributed by atoms with van der Waals surface area (Å²) in [5, 5.41) is 5.94. The molecule has 37 heavy (non-hydrogen) atoms. The van der Waals surface area contributed by atoms with Crippen LogP contribution in [0.25, 0.3) is 10.9 Å². The van der Waals surface area contributed by atoms with Gasteiger partial charge in [0.05, 0.1) is 23.7 Å². The third-order valence-corrected chi connectivity index (χ3v) is 6.84. The Bertz CT molecular complexity index is 1540. The van der Waals surface area contributed by atoms with Crippen LogP contribution in [0.4, 0.5) is 5.69 Å². The average Bonchev–Trinajstić information content (AvgIpc) is 3.41. The zero-order valence-electron chi connectivity index (χ0n) is 20.3. The first-order valence-corrected chi connectivity index (χ1v) is 12.7. The van der Waals surface area contributed by atoms with Crippen molar-refractivity contribution >= 4 is 44.3 Å². The average molecular weight is 567 g/mol. The van der Waals surface area contributed by atoms with Gasteiger partial charge < -0.3 is 15.1 Å². The Morgan fingerprint density at radius 2 is 1.78 bits per heavy atom. The molecular formula is C27H27BrN4O5. The molecule has 9 nitrogen and oxygen atoms in total. The minimum Gasteiger partial charge on any atom is -0.467 e. The molecule has 2 heterocycles. The minimum atomic E-state index is -0.562. The molecule has 0 radical (unpaired) electrons. The molecule has 0 aliphatic heterocycles. The number of amides is 2. The highest BCUT2D eigenvalue weighted by molar-refractivity contribution is 9.10. The van der Waals surface area contributed by atoms with E-state index in [1.807, 2.05) is 19.1 Å². The molecule has 0 bridgehead atoms.